The number of anilines is 1. The van der Waals surface area contributed by atoms with E-state index in [1.54, 1.807) is 44.4 Å². The average Bonchev–Trinajstić information content (AvgIpc) is 3.11. The zero-order valence-corrected chi connectivity index (χ0v) is 15.6. The van der Waals surface area contributed by atoms with Crippen LogP contribution in [0.25, 0.3) is 0 Å². The summed E-state index contributed by atoms with van der Waals surface area (Å²) in [5.74, 6) is 1.26. The van der Waals surface area contributed by atoms with Gasteiger partial charge in [-0.15, -0.1) is 0 Å². The smallest absolute Gasteiger partial charge is 0.411 e. The number of hydrogen-bond donors (Lipinski definition) is 1. The molecule has 0 aliphatic heterocycles. The van der Waals surface area contributed by atoms with Crippen LogP contribution in [-0.4, -0.2) is 30.0 Å². The number of carbonyl (C=O) groups is 1. The lowest BCUT2D eigenvalue weighted by Crippen LogP contribution is -2.18. The lowest BCUT2D eigenvalue weighted by atomic mass is 10.2. The molecule has 26 heavy (non-hydrogen) atoms. The van der Waals surface area contributed by atoms with Crippen molar-refractivity contribution in [3.63, 3.8) is 0 Å². The summed E-state index contributed by atoms with van der Waals surface area (Å²) in [6, 6.07) is 8.84. The number of hydrogen-bond acceptors (Lipinski definition) is 5. The van der Waals surface area contributed by atoms with Gasteiger partial charge in [0.2, 0.25) is 0 Å². The summed E-state index contributed by atoms with van der Waals surface area (Å²) in [5.41, 5.74) is 0.609. The molecule has 0 aliphatic rings. The van der Waals surface area contributed by atoms with Crippen molar-refractivity contribution >= 4 is 11.8 Å². The summed E-state index contributed by atoms with van der Waals surface area (Å²) >= 11 is 0. The van der Waals surface area contributed by atoms with Crippen molar-refractivity contribution < 1.29 is 19.0 Å². The second kappa shape index (κ2) is 11.4. The summed E-state index contributed by atoms with van der Waals surface area (Å²) in [5, 5.41) is 10.8. The van der Waals surface area contributed by atoms with Crippen LogP contribution in [0.15, 0.2) is 42.7 Å². The SMILES string of the molecule is CCOc1ccc(NC(=O)OC(C)C)cc1OCC.N#Cn1cccc1. The maximum absolute atomic E-state index is 11.5. The van der Waals surface area contributed by atoms with Gasteiger partial charge in [-0.2, -0.15) is 5.26 Å². The molecular weight excluding hydrogens is 334 g/mol. The van der Waals surface area contributed by atoms with E-state index in [-0.39, 0.29) is 6.10 Å². The lowest BCUT2D eigenvalue weighted by Gasteiger charge is -2.13. The number of benzene rings is 1. The molecule has 7 nitrogen and oxygen atoms in total. The highest BCUT2D eigenvalue weighted by Crippen LogP contribution is 2.30. The molecule has 7 heteroatoms. The van der Waals surface area contributed by atoms with Crippen molar-refractivity contribution in [2.24, 2.45) is 0 Å². The van der Waals surface area contributed by atoms with E-state index in [0.717, 1.165) is 0 Å². The first-order chi connectivity index (χ1) is 12.5. The predicted molar refractivity (Wildman–Crippen MR) is 99.5 cm³/mol. The van der Waals surface area contributed by atoms with Gasteiger partial charge in [0.25, 0.3) is 0 Å². The fraction of sp³-hybridized carbons (Fsp3) is 0.368. The fourth-order valence-electron chi connectivity index (χ4n) is 1.89. The highest BCUT2D eigenvalue weighted by Gasteiger charge is 2.09. The zero-order chi connectivity index (χ0) is 19.4. The summed E-state index contributed by atoms with van der Waals surface area (Å²) in [4.78, 5) is 11.5. The van der Waals surface area contributed by atoms with Crippen molar-refractivity contribution in [3.8, 4) is 17.7 Å². The molecule has 0 unspecified atom stereocenters. The van der Waals surface area contributed by atoms with Crippen LogP contribution in [0.2, 0.25) is 0 Å². The maximum atomic E-state index is 11.5. The number of nitrogens with one attached hydrogen (secondary N) is 1. The van der Waals surface area contributed by atoms with E-state index in [2.05, 4.69) is 5.32 Å². The Labute approximate surface area is 154 Å². The van der Waals surface area contributed by atoms with Crippen LogP contribution in [0.4, 0.5) is 10.5 Å². The standard InChI is InChI=1S/C14H21NO4.C5H4N2/c1-5-17-12-8-7-11(9-13(12)18-6-2)15-14(16)19-10(3)4;6-5-7-3-1-2-4-7/h7-10H,5-6H2,1-4H3,(H,15,16);1-4H. The number of aromatic nitrogens is 1. The highest BCUT2D eigenvalue weighted by molar-refractivity contribution is 5.85. The number of ether oxygens (including phenoxy) is 3. The molecule has 2 aromatic rings. The van der Waals surface area contributed by atoms with Crippen LogP contribution in [0.3, 0.4) is 0 Å². The average molecular weight is 359 g/mol. The number of nitriles is 1. The van der Waals surface area contributed by atoms with Crippen molar-refractivity contribution in [2.45, 2.75) is 33.8 Å². The molecule has 0 spiro atoms. The topological polar surface area (TPSA) is 85.5 Å². The Balaban J connectivity index is 0.000000401. The largest absolute Gasteiger partial charge is 0.490 e. The number of rotatable bonds is 6. The van der Waals surface area contributed by atoms with E-state index in [4.69, 9.17) is 19.5 Å². The second-order valence-corrected chi connectivity index (χ2v) is 5.30. The highest BCUT2D eigenvalue weighted by atomic mass is 16.6. The van der Waals surface area contributed by atoms with Crippen LogP contribution in [0.5, 0.6) is 11.5 Å². The van der Waals surface area contributed by atoms with Gasteiger partial charge < -0.3 is 14.2 Å². The predicted octanol–water partition coefficient (Wildman–Crippen LogP) is 4.26. The zero-order valence-electron chi connectivity index (χ0n) is 15.6. The van der Waals surface area contributed by atoms with Crippen LogP contribution in [0.1, 0.15) is 27.7 Å². The maximum Gasteiger partial charge on any atom is 0.411 e. The third-order valence-corrected chi connectivity index (χ3v) is 2.85. The van der Waals surface area contributed by atoms with E-state index in [1.807, 2.05) is 32.2 Å². The Kier molecular flexibility index (Phi) is 9.18. The minimum absolute atomic E-state index is 0.158. The molecule has 1 aromatic heterocycles. The van der Waals surface area contributed by atoms with Crippen LogP contribution in [0, 0.1) is 11.5 Å². The first kappa shape index (κ1) is 20.9. The third-order valence-electron chi connectivity index (χ3n) is 2.85. The quantitative estimate of drug-likeness (QED) is 0.833. The summed E-state index contributed by atoms with van der Waals surface area (Å²) in [6.45, 7) is 8.47. The van der Waals surface area contributed by atoms with Gasteiger partial charge in [0, 0.05) is 24.1 Å². The van der Waals surface area contributed by atoms with E-state index < -0.39 is 6.09 Å². The summed E-state index contributed by atoms with van der Waals surface area (Å²) < 4.78 is 17.4. The number of carbonyl (C=O) groups excluding carboxylic acids is 1. The van der Waals surface area contributed by atoms with E-state index in [1.165, 1.54) is 4.57 Å². The molecule has 2 rings (SSSR count). The van der Waals surface area contributed by atoms with Gasteiger partial charge in [-0.1, -0.05) is 0 Å². The molecule has 0 saturated carbocycles. The van der Waals surface area contributed by atoms with Gasteiger partial charge in [-0.3, -0.25) is 9.88 Å². The minimum atomic E-state index is -0.485. The first-order valence-electron chi connectivity index (χ1n) is 8.40. The normalized spacial score (nSPS) is 9.54. The molecule has 0 fully saturated rings. The summed E-state index contributed by atoms with van der Waals surface area (Å²) in [7, 11) is 0. The van der Waals surface area contributed by atoms with Crippen molar-refractivity contribution in [2.75, 3.05) is 18.5 Å². The van der Waals surface area contributed by atoms with Crippen molar-refractivity contribution in [1.82, 2.24) is 4.57 Å². The van der Waals surface area contributed by atoms with E-state index in [0.29, 0.717) is 30.4 Å². The Bertz CT molecular complexity index is 706. The second-order valence-electron chi connectivity index (χ2n) is 5.30. The van der Waals surface area contributed by atoms with Crippen LogP contribution >= 0.6 is 0 Å². The molecule has 0 radical (unpaired) electrons. The van der Waals surface area contributed by atoms with Crippen molar-refractivity contribution in [1.29, 1.82) is 5.26 Å². The Morgan fingerprint density at radius 3 is 2.27 bits per heavy atom. The number of nitrogens with zero attached hydrogens (tertiary/aromatic N) is 2. The monoisotopic (exact) mass is 359 g/mol. The Morgan fingerprint density at radius 2 is 1.77 bits per heavy atom. The molecule has 1 heterocycles. The van der Waals surface area contributed by atoms with Gasteiger partial charge >= 0.3 is 6.09 Å². The minimum Gasteiger partial charge on any atom is -0.490 e. The molecule has 1 aromatic carbocycles. The fourth-order valence-corrected chi connectivity index (χ4v) is 1.89. The molecule has 1 amide bonds. The number of amides is 1. The van der Waals surface area contributed by atoms with Gasteiger partial charge in [0.15, 0.2) is 17.7 Å². The van der Waals surface area contributed by atoms with E-state index >= 15 is 0 Å². The van der Waals surface area contributed by atoms with Crippen LogP contribution in [-0.2, 0) is 4.74 Å². The van der Waals surface area contributed by atoms with Gasteiger partial charge in [-0.05, 0) is 52.0 Å². The molecule has 0 bridgehead atoms. The Hall–Kier alpha value is -3.14. The van der Waals surface area contributed by atoms with Crippen molar-refractivity contribution in [3.05, 3.63) is 42.7 Å². The Morgan fingerprint density at radius 1 is 1.15 bits per heavy atom. The van der Waals surface area contributed by atoms with Gasteiger partial charge in [0.05, 0.1) is 19.3 Å². The molecule has 0 saturated heterocycles. The molecule has 140 valence electrons. The molecule has 0 aliphatic carbocycles. The summed E-state index contributed by atoms with van der Waals surface area (Å²) in [6.07, 6.45) is 4.67. The third kappa shape index (κ3) is 7.62. The van der Waals surface area contributed by atoms with Gasteiger partial charge in [-0.25, -0.2) is 4.79 Å². The lowest BCUT2D eigenvalue weighted by molar-refractivity contribution is 0.130. The van der Waals surface area contributed by atoms with E-state index in [9.17, 15) is 4.79 Å². The molecule has 0 atom stereocenters. The first-order valence-corrected chi connectivity index (χ1v) is 8.40. The molecular formula is C19H25N3O4. The molecule has 1 N–H and O–H groups in total. The van der Waals surface area contributed by atoms with Crippen LogP contribution < -0.4 is 14.8 Å². The van der Waals surface area contributed by atoms with Gasteiger partial charge in [0.1, 0.15) is 0 Å².